The van der Waals surface area contributed by atoms with Crippen LogP contribution >= 0.6 is 11.6 Å². The molecule has 1 fully saturated rings. The van der Waals surface area contributed by atoms with Gasteiger partial charge in [0, 0.05) is 25.2 Å². The summed E-state index contributed by atoms with van der Waals surface area (Å²) in [6, 6.07) is 10.6. The third kappa shape index (κ3) is 3.74. The summed E-state index contributed by atoms with van der Waals surface area (Å²) in [6.45, 7) is 1.10. The first-order valence-corrected chi connectivity index (χ1v) is 8.27. The maximum absolute atomic E-state index is 12.5. The Kier molecular flexibility index (Phi) is 5.11. The number of halogens is 1. The summed E-state index contributed by atoms with van der Waals surface area (Å²) < 4.78 is 0. The molecule has 1 aliphatic rings. The van der Waals surface area contributed by atoms with Gasteiger partial charge in [0.25, 0.3) is 5.91 Å². The lowest BCUT2D eigenvalue weighted by Crippen LogP contribution is -2.41. The number of carbonyl (C=O) groups excluding carboxylic acids is 2. The van der Waals surface area contributed by atoms with Gasteiger partial charge in [-0.1, -0.05) is 23.7 Å². The summed E-state index contributed by atoms with van der Waals surface area (Å²) in [5.74, 6) is -0.194. The van der Waals surface area contributed by atoms with Crippen molar-refractivity contribution in [1.29, 1.82) is 0 Å². The summed E-state index contributed by atoms with van der Waals surface area (Å²) >= 11 is 6.09. The van der Waals surface area contributed by atoms with Crippen molar-refractivity contribution in [3.05, 3.63) is 59.4 Å². The van der Waals surface area contributed by atoms with E-state index in [2.05, 4.69) is 10.3 Å². The molecule has 0 radical (unpaired) electrons. The fourth-order valence-corrected chi connectivity index (χ4v) is 3.05. The van der Waals surface area contributed by atoms with Crippen molar-refractivity contribution in [2.24, 2.45) is 5.92 Å². The van der Waals surface area contributed by atoms with Gasteiger partial charge in [0.05, 0.1) is 22.5 Å². The van der Waals surface area contributed by atoms with Gasteiger partial charge in [-0.2, -0.15) is 0 Å². The van der Waals surface area contributed by atoms with Crippen molar-refractivity contribution in [3.8, 4) is 0 Å². The SMILES string of the molecule is O=C(Nc1cccnc1)C1CCN(C(=O)c2ccccc2Cl)CC1. The van der Waals surface area contributed by atoms with Gasteiger partial charge in [-0.25, -0.2) is 0 Å². The highest BCUT2D eigenvalue weighted by atomic mass is 35.5. The number of nitrogens with one attached hydrogen (secondary N) is 1. The van der Waals surface area contributed by atoms with Crippen LogP contribution in [0.15, 0.2) is 48.8 Å². The summed E-state index contributed by atoms with van der Waals surface area (Å²) in [4.78, 5) is 30.6. The molecule has 0 unspecified atom stereocenters. The van der Waals surface area contributed by atoms with Crippen LogP contribution in [0.1, 0.15) is 23.2 Å². The number of anilines is 1. The molecule has 0 atom stereocenters. The van der Waals surface area contributed by atoms with Gasteiger partial charge < -0.3 is 10.2 Å². The number of rotatable bonds is 3. The van der Waals surface area contributed by atoms with E-state index in [0.29, 0.717) is 42.2 Å². The van der Waals surface area contributed by atoms with Gasteiger partial charge in [0.1, 0.15) is 0 Å². The minimum absolute atomic E-state index is 0.0205. The average Bonchev–Trinajstić information content (AvgIpc) is 2.62. The fraction of sp³-hybridized carbons (Fsp3) is 0.278. The maximum Gasteiger partial charge on any atom is 0.255 e. The number of amides is 2. The Bertz CT molecular complexity index is 728. The summed E-state index contributed by atoms with van der Waals surface area (Å²) in [6.07, 6.45) is 4.56. The molecule has 2 amide bonds. The molecule has 0 saturated carbocycles. The van der Waals surface area contributed by atoms with Gasteiger partial charge in [0.15, 0.2) is 0 Å². The number of aromatic nitrogens is 1. The Morgan fingerprint density at radius 2 is 1.88 bits per heavy atom. The second kappa shape index (κ2) is 7.45. The number of carbonyl (C=O) groups is 2. The molecule has 0 bridgehead atoms. The largest absolute Gasteiger partial charge is 0.339 e. The van der Waals surface area contributed by atoms with Crippen molar-refractivity contribution < 1.29 is 9.59 Å². The van der Waals surface area contributed by atoms with E-state index in [1.165, 1.54) is 0 Å². The van der Waals surface area contributed by atoms with E-state index in [-0.39, 0.29) is 17.7 Å². The predicted molar refractivity (Wildman–Crippen MR) is 92.9 cm³/mol. The summed E-state index contributed by atoms with van der Waals surface area (Å²) in [7, 11) is 0. The van der Waals surface area contributed by atoms with Crippen LogP contribution in [0.4, 0.5) is 5.69 Å². The summed E-state index contributed by atoms with van der Waals surface area (Å²) in [5, 5.41) is 3.33. The Morgan fingerprint density at radius 1 is 1.12 bits per heavy atom. The van der Waals surface area contributed by atoms with Gasteiger partial charge >= 0.3 is 0 Å². The molecule has 1 aliphatic heterocycles. The smallest absolute Gasteiger partial charge is 0.255 e. The second-order valence-electron chi connectivity index (χ2n) is 5.78. The highest BCUT2D eigenvalue weighted by Gasteiger charge is 2.28. The van der Waals surface area contributed by atoms with E-state index in [1.807, 2.05) is 0 Å². The molecular weight excluding hydrogens is 326 g/mol. The highest BCUT2D eigenvalue weighted by molar-refractivity contribution is 6.33. The van der Waals surface area contributed by atoms with E-state index >= 15 is 0 Å². The molecule has 1 aromatic heterocycles. The van der Waals surface area contributed by atoms with Crippen LogP contribution in [0.5, 0.6) is 0 Å². The maximum atomic E-state index is 12.5. The third-order valence-corrected chi connectivity index (χ3v) is 4.52. The Labute approximate surface area is 145 Å². The van der Waals surface area contributed by atoms with E-state index in [9.17, 15) is 9.59 Å². The number of pyridine rings is 1. The molecule has 124 valence electrons. The van der Waals surface area contributed by atoms with Crippen LogP contribution < -0.4 is 5.32 Å². The van der Waals surface area contributed by atoms with Gasteiger partial charge in [0.2, 0.25) is 5.91 Å². The first kappa shape index (κ1) is 16.5. The second-order valence-corrected chi connectivity index (χ2v) is 6.18. The van der Waals surface area contributed by atoms with Crippen molar-refractivity contribution in [2.45, 2.75) is 12.8 Å². The topological polar surface area (TPSA) is 62.3 Å². The zero-order valence-corrected chi connectivity index (χ0v) is 13.9. The van der Waals surface area contributed by atoms with Crippen LogP contribution in [0, 0.1) is 5.92 Å². The van der Waals surface area contributed by atoms with Crippen molar-refractivity contribution >= 4 is 29.1 Å². The fourth-order valence-electron chi connectivity index (χ4n) is 2.83. The molecule has 1 saturated heterocycles. The van der Waals surface area contributed by atoms with Crippen LogP contribution in [-0.2, 0) is 4.79 Å². The lowest BCUT2D eigenvalue weighted by Gasteiger charge is -2.31. The lowest BCUT2D eigenvalue weighted by atomic mass is 9.95. The summed E-state index contributed by atoms with van der Waals surface area (Å²) in [5.41, 5.74) is 1.20. The molecular formula is C18H18ClN3O2. The molecule has 6 heteroatoms. The van der Waals surface area contributed by atoms with Crippen molar-refractivity contribution in [3.63, 3.8) is 0 Å². The highest BCUT2D eigenvalue weighted by Crippen LogP contribution is 2.23. The Hall–Kier alpha value is -2.40. The number of nitrogens with zero attached hydrogens (tertiary/aromatic N) is 2. The minimum Gasteiger partial charge on any atom is -0.339 e. The average molecular weight is 344 g/mol. The van der Waals surface area contributed by atoms with Gasteiger partial charge in [-0.15, -0.1) is 0 Å². The molecule has 1 aromatic carbocycles. The van der Waals surface area contributed by atoms with E-state index in [4.69, 9.17) is 11.6 Å². The first-order chi connectivity index (χ1) is 11.6. The molecule has 0 aliphatic carbocycles. The molecule has 2 heterocycles. The molecule has 2 aromatic rings. The van der Waals surface area contributed by atoms with E-state index in [1.54, 1.807) is 53.7 Å². The normalized spacial score (nSPS) is 15.1. The van der Waals surface area contributed by atoms with Gasteiger partial charge in [-0.3, -0.25) is 14.6 Å². The van der Waals surface area contributed by atoms with Crippen molar-refractivity contribution in [2.75, 3.05) is 18.4 Å². The number of hydrogen-bond acceptors (Lipinski definition) is 3. The van der Waals surface area contributed by atoms with Gasteiger partial charge in [-0.05, 0) is 37.1 Å². The first-order valence-electron chi connectivity index (χ1n) is 7.90. The monoisotopic (exact) mass is 343 g/mol. The quantitative estimate of drug-likeness (QED) is 0.930. The van der Waals surface area contributed by atoms with Crippen LogP contribution in [0.25, 0.3) is 0 Å². The molecule has 0 spiro atoms. The number of benzene rings is 1. The van der Waals surface area contributed by atoms with Crippen LogP contribution in [0.3, 0.4) is 0 Å². The van der Waals surface area contributed by atoms with E-state index in [0.717, 1.165) is 0 Å². The zero-order chi connectivity index (χ0) is 16.9. The Balaban J connectivity index is 1.57. The van der Waals surface area contributed by atoms with E-state index < -0.39 is 0 Å². The van der Waals surface area contributed by atoms with Crippen LogP contribution in [0.2, 0.25) is 5.02 Å². The lowest BCUT2D eigenvalue weighted by molar-refractivity contribution is -0.121. The standard InChI is InChI=1S/C18H18ClN3O2/c19-16-6-2-1-5-15(16)18(24)22-10-7-13(8-11-22)17(23)21-14-4-3-9-20-12-14/h1-6,9,12-13H,7-8,10-11H2,(H,21,23). The number of likely N-dealkylation sites (tertiary alicyclic amines) is 1. The number of piperidine rings is 1. The third-order valence-electron chi connectivity index (χ3n) is 4.19. The molecule has 3 rings (SSSR count). The van der Waals surface area contributed by atoms with Crippen LogP contribution in [-0.4, -0.2) is 34.8 Å². The molecule has 1 N–H and O–H groups in total. The Morgan fingerprint density at radius 3 is 2.54 bits per heavy atom. The molecule has 5 nitrogen and oxygen atoms in total. The zero-order valence-electron chi connectivity index (χ0n) is 13.1. The predicted octanol–water partition coefficient (Wildman–Crippen LogP) is 3.23. The molecule has 24 heavy (non-hydrogen) atoms. The van der Waals surface area contributed by atoms with Crippen molar-refractivity contribution in [1.82, 2.24) is 9.88 Å². The number of hydrogen-bond donors (Lipinski definition) is 1. The minimum atomic E-state index is -0.0968.